The van der Waals surface area contributed by atoms with E-state index in [4.69, 9.17) is 0 Å². The molecule has 0 atom stereocenters. The lowest BCUT2D eigenvalue weighted by atomic mass is 10.4. The van der Waals surface area contributed by atoms with Crippen LogP contribution in [-0.4, -0.2) is 41.0 Å². The van der Waals surface area contributed by atoms with E-state index in [-0.39, 0.29) is 0 Å². The number of pyridine rings is 1. The van der Waals surface area contributed by atoms with Gasteiger partial charge in [0.2, 0.25) is 0 Å². The predicted molar refractivity (Wildman–Crippen MR) is 70.1 cm³/mol. The predicted octanol–water partition coefficient (Wildman–Crippen LogP) is 1.38. The molecule has 4 nitrogen and oxygen atoms in total. The Morgan fingerprint density at radius 1 is 1.41 bits per heavy atom. The minimum atomic E-state index is 0.833. The lowest BCUT2D eigenvalue weighted by Crippen LogP contribution is -2.28. The van der Waals surface area contributed by atoms with Gasteiger partial charge in [-0.1, -0.05) is 13.0 Å². The molecule has 17 heavy (non-hydrogen) atoms. The standard InChI is InChI=1S/C13H20N4/c1-3-16(2)9-7-14-10-12-11-17-8-5-4-6-13(17)15-12/h4-6,8,11,14H,3,7,9-10H2,1-2H3. The first-order valence-electron chi connectivity index (χ1n) is 6.11. The largest absolute Gasteiger partial charge is 0.310 e. The molecular weight excluding hydrogens is 212 g/mol. The molecule has 2 rings (SSSR count). The van der Waals surface area contributed by atoms with Gasteiger partial charge >= 0.3 is 0 Å². The van der Waals surface area contributed by atoms with Crippen LogP contribution in [0.25, 0.3) is 5.65 Å². The molecule has 2 aromatic heterocycles. The second-order valence-electron chi connectivity index (χ2n) is 4.27. The Morgan fingerprint density at radius 3 is 3.06 bits per heavy atom. The van der Waals surface area contributed by atoms with E-state index in [1.807, 2.05) is 24.4 Å². The first kappa shape index (κ1) is 12.1. The van der Waals surface area contributed by atoms with E-state index < -0.39 is 0 Å². The summed E-state index contributed by atoms with van der Waals surface area (Å²) in [5, 5.41) is 3.41. The van der Waals surface area contributed by atoms with Crippen molar-refractivity contribution in [2.24, 2.45) is 0 Å². The fourth-order valence-electron chi connectivity index (χ4n) is 1.72. The van der Waals surface area contributed by atoms with Gasteiger partial charge in [0.15, 0.2) is 0 Å². The first-order chi connectivity index (χ1) is 8.29. The summed E-state index contributed by atoms with van der Waals surface area (Å²) in [4.78, 5) is 6.82. The number of aromatic nitrogens is 2. The molecule has 0 spiro atoms. The van der Waals surface area contributed by atoms with Gasteiger partial charge < -0.3 is 14.6 Å². The Hall–Kier alpha value is -1.39. The first-order valence-corrected chi connectivity index (χ1v) is 6.11. The summed E-state index contributed by atoms with van der Waals surface area (Å²) < 4.78 is 2.05. The number of nitrogens with one attached hydrogen (secondary N) is 1. The van der Waals surface area contributed by atoms with Crippen molar-refractivity contribution in [3.05, 3.63) is 36.3 Å². The maximum Gasteiger partial charge on any atom is 0.137 e. The maximum atomic E-state index is 4.54. The van der Waals surface area contributed by atoms with Gasteiger partial charge in [-0.05, 0) is 25.7 Å². The number of nitrogens with zero attached hydrogens (tertiary/aromatic N) is 3. The lowest BCUT2D eigenvalue weighted by molar-refractivity contribution is 0.348. The summed E-state index contributed by atoms with van der Waals surface area (Å²) in [7, 11) is 2.13. The van der Waals surface area contributed by atoms with Gasteiger partial charge in [0.1, 0.15) is 5.65 Å². The van der Waals surface area contributed by atoms with E-state index in [0.29, 0.717) is 0 Å². The van der Waals surface area contributed by atoms with Crippen LogP contribution in [0.5, 0.6) is 0 Å². The topological polar surface area (TPSA) is 32.6 Å². The average Bonchev–Trinajstić information content (AvgIpc) is 2.76. The van der Waals surface area contributed by atoms with E-state index in [9.17, 15) is 0 Å². The average molecular weight is 232 g/mol. The van der Waals surface area contributed by atoms with Crippen LogP contribution in [-0.2, 0) is 6.54 Å². The van der Waals surface area contributed by atoms with Gasteiger partial charge in [0.25, 0.3) is 0 Å². The molecule has 0 radical (unpaired) electrons. The van der Waals surface area contributed by atoms with Crippen molar-refractivity contribution < 1.29 is 0 Å². The molecule has 0 saturated heterocycles. The lowest BCUT2D eigenvalue weighted by Gasteiger charge is -2.13. The Labute approximate surface area is 102 Å². The molecule has 0 bridgehead atoms. The van der Waals surface area contributed by atoms with Gasteiger partial charge in [0, 0.05) is 32.0 Å². The molecule has 2 aromatic rings. The highest BCUT2D eigenvalue weighted by molar-refractivity contribution is 5.39. The molecule has 0 aliphatic heterocycles. The molecule has 0 aliphatic carbocycles. The van der Waals surface area contributed by atoms with E-state index in [2.05, 4.69) is 39.8 Å². The Bertz CT molecular complexity index is 430. The molecule has 2 heterocycles. The normalized spacial score (nSPS) is 11.5. The minimum absolute atomic E-state index is 0.833. The van der Waals surface area contributed by atoms with Crippen molar-refractivity contribution in [3.63, 3.8) is 0 Å². The van der Waals surface area contributed by atoms with E-state index in [0.717, 1.165) is 37.5 Å². The smallest absolute Gasteiger partial charge is 0.137 e. The van der Waals surface area contributed by atoms with Crippen LogP contribution in [0.4, 0.5) is 0 Å². The zero-order chi connectivity index (χ0) is 12.1. The maximum absolute atomic E-state index is 4.54. The summed E-state index contributed by atoms with van der Waals surface area (Å²) in [6, 6.07) is 6.05. The van der Waals surface area contributed by atoms with E-state index >= 15 is 0 Å². The van der Waals surface area contributed by atoms with Gasteiger partial charge in [-0.25, -0.2) is 4.98 Å². The molecule has 0 saturated carbocycles. The van der Waals surface area contributed by atoms with Crippen LogP contribution in [0.2, 0.25) is 0 Å². The fraction of sp³-hybridized carbons (Fsp3) is 0.462. The van der Waals surface area contributed by atoms with Crippen molar-refractivity contribution in [2.45, 2.75) is 13.5 Å². The van der Waals surface area contributed by atoms with Crippen molar-refractivity contribution in [2.75, 3.05) is 26.7 Å². The minimum Gasteiger partial charge on any atom is -0.310 e. The zero-order valence-corrected chi connectivity index (χ0v) is 10.6. The van der Waals surface area contributed by atoms with Crippen molar-refractivity contribution >= 4 is 5.65 Å². The fourth-order valence-corrected chi connectivity index (χ4v) is 1.72. The molecule has 0 aromatic carbocycles. The molecule has 4 heteroatoms. The van der Waals surface area contributed by atoms with Crippen molar-refractivity contribution in [1.29, 1.82) is 0 Å². The number of likely N-dealkylation sites (N-methyl/N-ethyl adjacent to an activating group) is 1. The number of hydrogen-bond donors (Lipinski definition) is 1. The highest BCUT2D eigenvalue weighted by atomic mass is 15.1. The monoisotopic (exact) mass is 232 g/mol. The van der Waals surface area contributed by atoms with E-state index in [1.165, 1.54) is 0 Å². The van der Waals surface area contributed by atoms with Gasteiger partial charge in [-0.3, -0.25) is 0 Å². The summed E-state index contributed by atoms with van der Waals surface area (Å²) in [5.41, 5.74) is 2.10. The molecule has 0 unspecified atom stereocenters. The SMILES string of the molecule is CCN(C)CCNCc1cn2ccccc2n1. The van der Waals surface area contributed by atoms with Gasteiger partial charge in [0.05, 0.1) is 5.69 Å². The molecule has 92 valence electrons. The van der Waals surface area contributed by atoms with Crippen LogP contribution in [0.1, 0.15) is 12.6 Å². The van der Waals surface area contributed by atoms with Crippen molar-refractivity contribution in [1.82, 2.24) is 19.6 Å². The Kier molecular flexibility index (Phi) is 4.12. The van der Waals surface area contributed by atoms with Crippen LogP contribution >= 0.6 is 0 Å². The second kappa shape index (κ2) is 5.80. The van der Waals surface area contributed by atoms with Gasteiger partial charge in [-0.15, -0.1) is 0 Å². The second-order valence-corrected chi connectivity index (χ2v) is 4.27. The zero-order valence-electron chi connectivity index (χ0n) is 10.6. The van der Waals surface area contributed by atoms with Crippen LogP contribution in [0, 0.1) is 0 Å². The summed E-state index contributed by atoms with van der Waals surface area (Å²) >= 11 is 0. The molecular formula is C13H20N4. The highest BCUT2D eigenvalue weighted by Gasteiger charge is 2.00. The molecule has 0 aliphatic rings. The molecule has 0 fully saturated rings. The Balaban J connectivity index is 1.83. The summed E-state index contributed by atoms with van der Waals surface area (Å²) in [6.07, 6.45) is 4.10. The van der Waals surface area contributed by atoms with Crippen LogP contribution in [0.15, 0.2) is 30.6 Å². The highest BCUT2D eigenvalue weighted by Crippen LogP contribution is 2.03. The number of hydrogen-bond acceptors (Lipinski definition) is 3. The number of rotatable bonds is 6. The third-order valence-corrected chi connectivity index (χ3v) is 2.93. The van der Waals surface area contributed by atoms with E-state index in [1.54, 1.807) is 0 Å². The number of fused-ring (bicyclic) bond motifs is 1. The third kappa shape index (κ3) is 3.28. The van der Waals surface area contributed by atoms with Crippen molar-refractivity contribution in [3.8, 4) is 0 Å². The summed E-state index contributed by atoms with van der Waals surface area (Å²) in [6.45, 7) is 6.17. The number of imidazole rings is 1. The third-order valence-electron chi connectivity index (χ3n) is 2.93. The molecule has 0 amide bonds. The quantitative estimate of drug-likeness (QED) is 0.764. The Morgan fingerprint density at radius 2 is 2.29 bits per heavy atom. The van der Waals surface area contributed by atoms with Crippen LogP contribution < -0.4 is 5.32 Å². The van der Waals surface area contributed by atoms with Crippen LogP contribution in [0.3, 0.4) is 0 Å². The molecule has 1 N–H and O–H groups in total. The van der Waals surface area contributed by atoms with Gasteiger partial charge in [-0.2, -0.15) is 0 Å². The summed E-state index contributed by atoms with van der Waals surface area (Å²) in [5.74, 6) is 0.